The van der Waals surface area contributed by atoms with Crippen LogP contribution in [0.2, 0.25) is 0 Å². The van der Waals surface area contributed by atoms with E-state index in [1.54, 1.807) is 0 Å². The number of alkyl carbamates (subject to hydrolysis) is 1. The highest BCUT2D eigenvalue weighted by atomic mass is 17.2. The van der Waals surface area contributed by atoms with E-state index in [2.05, 4.69) is 24.5 Å². The zero-order chi connectivity index (χ0) is 27.6. The number of hydrogen-bond donors (Lipinski definition) is 3. The minimum atomic E-state index is -0.743. The molecule has 2 amide bonds. The summed E-state index contributed by atoms with van der Waals surface area (Å²) in [6.45, 7) is 12.7. The summed E-state index contributed by atoms with van der Waals surface area (Å²) in [6, 6.07) is 0. The zero-order valence-corrected chi connectivity index (χ0v) is 23.8. The fourth-order valence-electron chi connectivity index (χ4n) is 6.13. The van der Waals surface area contributed by atoms with Crippen LogP contribution in [0.25, 0.3) is 0 Å². The lowest BCUT2D eigenvalue weighted by atomic mass is 9.63. The van der Waals surface area contributed by atoms with Gasteiger partial charge in [-0.3, -0.25) is 9.59 Å². The molecule has 2 aliphatic rings. The van der Waals surface area contributed by atoms with Gasteiger partial charge >= 0.3 is 12.1 Å². The highest BCUT2D eigenvalue weighted by molar-refractivity contribution is 5.82. The molecule has 2 fully saturated rings. The molecule has 37 heavy (non-hydrogen) atoms. The van der Waals surface area contributed by atoms with Crippen molar-refractivity contribution in [1.82, 2.24) is 10.6 Å². The van der Waals surface area contributed by atoms with Gasteiger partial charge in [0.05, 0.1) is 17.6 Å². The van der Waals surface area contributed by atoms with Gasteiger partial charge in [-0.05, 0) is 103 Å². The zero-order valence-electron chi connectivity index (χ0n) is 23.8. The Hall–Kier alpha value is -1.87. The van der Waals surface area contributed by atoms with Gasteiger partial charge in [-0.2, -0.15) is 0 Å². The molecule has 2 rings (SSSR count). The SMILES string of the molecule is CC1CC(C)CC(CC(C)OOC2CCC(CC(=O)O)CC2)(C(=O)NCCCNC(=O)OC(C)(C)C)C1. The second-order valence-corrected chi connectivity index (χ2v) is 12.6. The molecular weight excluding hydrogens is 476 g/mol. The Morgan fingerprint density at radius 3 is 2.16 bits per heavy atom. The van der Waals surface area contributed by atoms with Crippen LogP contribution in [0, 0.1) is 23.2 Å². The third-order valence-electron chi connectivity index (χ3n) is 7.36. The van der Waals surface area contributed by atoms with E-state index in [1.165, 1.54) is 0 Å². The molecule has 0 saturated heterocycles. The largest absolute Gasteiger partial charge is 0.481 e. The van der Waals surface area contributed by atoms with Crippen LogP contribution >= 0.6 is 0 Å². The van der Waals surface area contributed by atoms with Crippen molar-refractivity contribution in [3.8, 4) is 0 Å². The molecular formula is C28H50N2O7. The van der Waals surface area contributed by atoms with E-state index in [4.69, 9.17) is 19.6 Å². The van der Waals surface area contributed by atoms with Crippen LogP contribution in [0.3, 0.4) is 0 Å². The van der Waals surface area contributed by atoms with Gasteiger partial charge in [-0.15, -0.1) is 0 Å². The number of carboxylic acid groups (broad SMARTS) is 1. The average molecular weight is 527 g/mol. The van der Waals surface area contributed by atoms with Crippen molar-refractivity contribution in [3.05, 3.63) is 0 Å². The number of hydrogen-bond acceptors (Lipinski definition) is 6. The number of aliphatic carboxylic acids is 1. The normalized spacial score (nSPS) is 29.2. The van der Waals surface area contributed by atoms with E-state index in [1.807, 2.05) is 27.7 Å². The minimum absolute atomic E-state index is 0.0288. The van der Waals surface area contributed by atoms with Gasteiger partial charge in [0.15, 0.2) is 0 Å². The van der Waals surface area contributed by atoms with Crippen molar-refractivity contribution in [2.24, 2.45) is 23.2 Å². The highest BCUT2D eigenvalue weighted by Gasteiger charge is 2.45. The number of carboxylic acids is 1. The van der Waals surface area contributed by atoms with Crippen LogP contribution in [-0.2, 0) is 24.1 Å². The van der Waals surface area contributed by atoms with Gasteiger partial charge in [-0.25, -0.2) is 14.6 Å². The monoisotopic (exact) mass is 526 g/mol. The van der Waals surface area contributed by atoms with E-state index in [-0.39, 0.29) is 30.5 Å². The fourth-order valence-corrected chi connectivity index (χ4v) is 6.13. The Morgan fingerprint density at radius 1 is 1.00 bits per heavy atom. The Balaban J connectivity index is 1.83. The summed E-state index contributed by atoms with van der Waals surface area (Å²) in [5.41, 5.74) is -1.06. The number of carbonyl (C=O) groups is 3. The van der Waals surface area contributed by atoms with Gasteiger partial charge in [-0.1, -0.05) is 13.8 Å². The lowest BCUT2D eigenvalue weighted by molar-refractivity contribution is -0.355. The maximum absolute atomic E-state index is 13.5. The van der Waals surface area contributed by atoms with Gasteiger partial charge in [0.1, 0.15) is 5.60 Å². The van der Waals surface area contributed by atoms with Gasteiger partial charge in [0.25, 0.3) is 0 Å². The second kappa shape index (κ2) is 14.3. The number of ether oxygens (including phenoxy) is 1. The first-order valence-corrected chi connectivity index (χ1v) is 14.1. The predicted molar refractivity (Wildman–Crippen MR) is 141 cm³/mol. The first-order valence-electron chi connectivity index (χ1n) is 14.1. The third kappa shape index (κ3) is 11.6. The van der Waals surface area contributed by atoms with Crippen LogP contribution in [0.15, 0.2) is 0 Å². The molecule has 9 nitrogen and oxygen atoms in total. The molecule has 0 aromatic heterocycles. The van der Waals surface area contributed by atoms with Crippen molar-refractivity contribution in [3.63, 3.8) is 0 Å². The minimum Gasteiger partial charge on any atom is -0.481 e. The molecule has 9 heteroatoms. The van der Waals surface area contributed by atoms with Gasteiger partial charge in [0, 0.05) is 19.5 Å². The molecule has 3 unspecified atom stereocenters. The van der Waals surface area contributed by atoms with Gasteiger partial charge < -0.3 is 20.5 Å². The van der Waals surface area contributed by atoms with Crippen molar-refractivity contribution in [2.45, 2.75) is 124 Å². The number of amides is 2. The van der Waals surface area contributed by atoms with E-state index in [9.17, 15) is 14.4 Å². The summed E-state index contributed by atoms with van der Waals surface area (Å²) in [5.74, 6) is 0.411. The summed E-state index contributed by atoms with van der Waals surface area (Å²) in [4.78, 5) is 47.8. The van der Waals surface area contributed by atoms with Crippen molar-refractivity contribution in [2.75, 3.05) is 13.1 Å². The third-order valence-corrected chi connectivity index (χ3v) is 7.36. The van der Waals surface area contributed by atoms with Crippen LogP contribution in [0.4, 0.5) is 4.79 Å². The van der Waals surface area contributed by atoms with E-state index in [0.717, 1.165) is 44.9 Å². The van der Waals surface area contributed by atoms with Crippen molar-refractivity contribution in [1.29, 1.82) is 0 Å². The maximum atomic E-state index is 13.5. The molecule has 2 aliphatic carbocycles. The molecule has 0 aliphatic heterocycles. The molecule has 3 atom stereocenters. The standard InChI is InChI=1S/C28H50N2O7/c1-19-14-20(2)17-28(16-19,25(33)29-12-7-13-30-26(34)35-27(4,5)6)18-21(3)36-37-23-10-8-22(9-11-23)15-24(31)32/h19-23H,7-18H2,1-6H3,(H,29,33)(H,30,34)(H,31,32). The number of rotatable bonds is 12. The average Bonchev–Trinajstić information content (AvgIpc) is 2.76. The maximum Gasteiger partial charge on any atom is 0.407 e. The Morgan fingerprint density at radius 2 is 1.59 bits per heavy atom. The lowest BCUT2D eigenvalue weighted by Crippen LogP contribution is -2.48. The molecule has 0 aromatic carbocycles. The van der Waals surface area contributed by atoms with Crippen molar-refractivity contribution >= 4 is 18.0 Å². The predicted octanol–water partition coefficient (Wildman–Crippen LogP) is 5.22. The van der Waals surface area contributed by atoms with Crippen molar-refractivity contribution < 1.29 is 34.0 Å². The Kier molecular flexibility index (Phi) is 12.1. The van der Waals surface area contributed by atoms with Crippen LogP contribution in [0.5, 0.6) is 0 Å². The Labute approximate surface area is 222 Å². The lowest BCUT2D eigenvalue weighted by Gasteiger charge is -2.43. The molecule has 0 heterocycles. The summed E-state index contributed by atoms with van der Waals surface area (Å²) >= 11 is 0. The number of carbonyl (C=O) groups excluding carboxylic acids is 2. The first kappa shape index (κ1) is 31.3. The number of nitrogens with one attached hydrogen (secondary N) is 2. The molecule has 0 spiro atoms. The summed E-state index contributed by atoms with van der Waals surface area (Å²) < 4.78 is 5.24. The van der Waals surface area contributed by atoms with Gasteiger partial charge in [0.2, 0.25) is 5.91 Å². The highest BCUT2D eigenvalue weighted by Crippen LogP contribution is 2.46. The Bertz CT molecular complexity index is 733. The van der Waals surface area contributed by atoms with Crippen LogP contribution < -0.4 is 10.6 Å². The molecule has 3 N–H and O–H groups in total. The molecule has 2 saturated carbocycles. The smallest absolute Gasteiger partial charge is 0.407 e. The van der Waals surface area contributed by atoms with E-state index in [0.29, 0.717) is 37.8 Å². The van der Waals surface area contributed by atoms with E-state index < -0.39 is 23.1 Å². The van der Waals surface area contributed by atoms with Crippen LogP contribution in [0.1, 0.15) is 106 Å². The molecule has 214 valence electrons. The quantitative estimate of drug-likeness (QED) is 0.181. The van der Waals surface area contributed by atoms with Crippen LogP contribution in [-0.4, -0.2) is 54.0 Å². The molecule has 0 radical (unpaired) electrons. The summed E-state index contributed by atoms with van der Waals surface area (Å²) in [5, 5.41) is 14.8. The fraction of sp³-hybridized carbons (Fsp3) is 0.893. The second-order valence-electron chi connectivity index (χ2n) is 12.6. The first-order chi connectivity index (χ1) is 17.3. The topological polar surface area (TPSA) is 123 Å². The molecule has 0 aromatic rings. The van der Waals surface area contributed by atoms with E-state index >= 15 is 0 Å². The summed E-state index contributed by atoms with van der Waals surface area (Å²) in [7, 11) is 0. The summed E-state index contributed by atoms with van der Waals surface area (Å²) in [6.07, 6.45) is 6.68. The molecule has 0 bridgehead atoms.